The molecule has 0 fully saturated rings. The maximum atomic E-state index is 9.96. The molecule has 376 valence electrons. The van der Waals surface area contributed by atoms with Crippen molar-refractivity contribution in [1.29, 1.82) is 0 Å². The van der Waals surface area contributed by atoms with Crippen LogP contribution in [0.3, 0.4) is 0 Å². The molecule has 20 nitrogen and oxygen atoms in total. The van der Waals surface area contributed by atoms with E-state index in [0.717, 1.165) is 56.8 Å². The summed E-state index contributed by atoms with van der Waals surface area (Å²) in [4.78, 5) is 28.0. The van der Waals surface area contributed by atoms with E-state index in [0.29, 0.717) is 48.0 Å². The summed E-state index contributed by atoms with van der Waals surface area (Å²) < 4.78 is 40.2. The van der Waals surface area contributed by atoms with E-state index in [1.54, 1.807) is 43.6 Å². The number of nitrogens with two attached hydrogens (primary N) is 1. The third-order valence-electron chi connectivity index (χ3n) is 10.2. The SMILES string of the molecule is COc1ccc(-n2c(CCc3nc(-c4ccc(C)cc4)no3)nnc2-c2ccncc2)cc1.COc1ccc(-n2c(N)nnc2-c2ccncc2)cc1.Cc1ccc(-c2noc(CCl)n2)cc1.O=CO[O-].[2H]CF.[Cs+].[Cs+].[H-]. The topological polar surface area (TPSA) is 259 Å². The van der Waals surface area contributed by atoms with Crippen LogP contribution in [-0.4, -0.2) is 87.6 Å². The molecule has 0 unspecified atom stereocenters. The molecule has 0 spiro atoms. The van der Waals surface area contributed by atoms with Crippen LogP contribution in [0, 0.1) is 13.8 Å². The molecule has 10 aromatic rings. The second-order valence-electron chi connectivity index (χ2n) is 14.9. The summed E-state index contributed by atoms with van der Waals surface area (Å²) in [6.07, 6.45) is 8.03. The van der Waals surface area contributed by atoms with E-state index in [2.05, 4.69) is 55.5 Å². The van der Waals surface area contributed by atoms with E-state index in [-0.39, 0.29) is 152 Å². The van der Waals surface area contributed by atoms with E-state index in [9.17, 15) is 4.39 Å². The summed E-state index contributed by atoms with van der Waals surface area (Å²) in [5.74, 6) is 6.53. The van der Waals surface area contributed by atoms with Crippen molar-refractivity contribution < 1.29 is 178 Å². The summed E-state index contributed by atoms with van der Waals surface area (Å²) in [5, 5.41) is 33.4. The Morgan fingerprint density at radius 3 is 1.48 bits per heavy atom. The summed E-state index contributed by atoms with van der Waals surface area (Å²) in [5.41, 5.74) is 13.8. The molecule has 10 rings (SSSR count). The number of pyridine rings is 2. The van der Waals surface area contributed by atoms with Crippen molar-refractivity contribution in [3.8, 4) is 68.4 Å². The molecule has 0 saturated heterocycles. The first-order valence-electron chi connectivity index (χ1n) is 22.5. The van der Waals surface area contributed by atoms with Crippen molar-refractivity contribution in [3.63, 3.8) is 0 Å². The van der Waals surface area contributed by atoms with E-state index in [1.807, 2.05) is 140 Å². The van der Waals surface area contributed by atoms with Crippen LogP contribution in [0.15, 0.2) is 155 Å². The van der Waals surface area contributed by atoms with Crippen molar-refractivity contribution in [3.05, 3.63) is 175 Å². The Morgan fingerprint density at radius 2 is 1.05 bits per heavy atom. The molecule has 0 aliphatic carbocycles. The molecule has 0 amide bonds. The number of rotatable bonds is 13. The third-order valence-corrected chi connectivity index (χ3v) is 10.5. The van der Waals surface area contributed by atoms with Crippen LogP contribution >= 0.6 is 11.6 Å². The zero-order chi connectivity index (χ0) is 52.7. The standard InChI is InChI=1S/C25H22N6O2.C14H13N5O.C10H9ClN2O.CH3F.CH2O3.2Cs.H/c1-17-3-5-18(6-4-17)24-27-23(33-30-24)12-11-22-28-29-25(19-13-15-26-16-14-19)31(22)20-7-9-21(32-2)10-8-20;1-20-12-4-2-11(3-5-12)19-13(17-18-14(19)15)10-6-8-16-9-7-10;1-7-2-4-8(5-3-7)10-12-9(6-11)14-13-10;1-2;2-1-4-3;;;/h3-10,13-16H,11-12H2,1-2H3;2-9H,1H3,(H2,15,18);2-5H,6H2,1H3;1H3;1,3H;;;/q;;;;;2*+1;-1/p-1/i;;;1D;;;;. The predicted molar refractivity (Wildman–Crippen MR) is 268 cm³/mol. The Balaban J connectivity index is 0.000000303. The van der Waals surface area contributed by atoms with E-state index in [4.69, 9.17) is 47.3 Å². The number of methoxy groups -OCH3 is 2. The number of anilines is 1. The van der Waals surface area contributed by atoms with E-state index in [1.165, 1.54) is 11.1 Å². The smallest absolute Gasteiger partial charge is 1.00 e. The van der Waals surface area contributed by atoms with Crippen LogP contribution in [-0.2, 0) is 28.4 Å². The number of aromatic nitrogens is 12. The predicted octanol–water partition coefficient (Wildman–Crippen LogP) is 2.33. The van der Waals surface area contributed by atoms with Crippen LogP contribution in [0.1, 0.15) is 31.5 Å². The Morgan fingerprint density at radius 1 is 0.640 bits per heavy atom. The van der Waals surface area contributed by atoms with E-state index < -0.39 is 7.15 Å². The number of benzene rings is 4. The van der Waals surface area contributed by atoms with Gasteiger partial charge in [-0.15, -0.1) is 32.0 Å². The molecule has 24 heteroatoms. The quantitative estimate of drug-likeness (QED) is 0.0752. The molecular weight excluding hydrogens is 1230 g/mol. The molecule has 6 heterocycles. The van der Waals surface area contributed by atoms with Gasteiger partial charge >= 0.3 is 138 Å². The molecule has 4 aromatic carbocycles. The monoisotopic (exact) mass is 1280 g/mol. The van der Waals surface area contributed by atoms with Gasteiger partial charge in [0.15, 0.2) is 11.6 Å². The van der Waals surface area contributed by atoms with Gasteiger partial charge in [-0.2, -0.15) is 9.97 Å². The summed E-state index contributed by atoms with van der Waals surface area (Å²) in [6.45, 7) is 3.90. The average molecular weight is 1280 g/mol. The molecular formula is C51H49ClCs2FN13O7. The molecule has 75 heavy (non-hydrogen) atoms. The van der Waals surface area contributed by atoms with Crippen LogP contribution in [0.25, 0.3) is 56.9 Å². The second-order valence-corrected chi connectivity index (χ2v) is 15.2. The largest absolute Gasteiger partial charge is 1.00 e. The second kappa shape index (κ2) is 33.1. The Bertz CT molecular complexity index is 3240. The molecule has 0 radical (unpaired) electrons. The molecule has 0 aliphatic heterocycles. The number of nitrogens with zero attached hydrogens (tertiary/aromatic N) is 12. The molecule has 6 aromatic heterocycles. The van der Waals surface area contributed by atoms with Gasteiger partial charge in [0.25, 0.3) is 6.47 Å². The van der Waals surface area contributed by atoms with Gasteiger partial charge in [-0.1, -0.05) is 70.0 Å². The number of carbonyl (C=O) groups is 1. The zero-order valence-electron chi connectivity index (χ0n) is 43.8. The molecule has 0 aliphatic rings. The van der Waals surface area contributed by atoms with Crippen molar-refractivity contribution in [2.24, 2.45) is 0 Å². The van der Waals surface area contributed by atoms with Crippen molar-refractivity contribution >= 4 is 24.0 Å². The van der Waals surface area contributed by atoms with Crippen LogP contribution in [0.4, 0.5) is 10.3 Å². The molecule has 0 bridgehead atoms. The first kappa shape index (κ1) is 60.8. The van der Waals surface area contributed by atoms with Gasteiger partial charge < -0.3 is 35.8 Å². The summed E-state index contributed by atoms with van der Waals surface area (Å²) in [6, 6.07) is 38.9. The molecule has 0 saturated carbocycles. The van der Waals surface area contributed by atoms with Gasteiger partial charge in [-0.25, -0.2) is 0 Å². The minimum absolute atomic E-state index is 0. The molecule has 0 atom stereocenters. The van der Waals surface area contributed by atoms with Gasteiger partial charge in [-0.3, -0.25) is 28.3 Å². The van der Waals surface area contributed by atoms with Gasteiger partial charge in [0, 0.05) is 65.6 Å². The number of hydrogen-bond donors (Lipinski definition) is 1. The van der Waals surface area contributed by atoms with E-state index >= 15 is 0 Å². The third kappa shape index (κ3) is 18.0. The Hall–Kier alpha value is -5.11. The average Bonchev–Trinajstić information content (AvgIpc) is 4.31. The minimum Gasteiger partial charge on any atom is -1.00 e. The van der Waals surface area contributed by atoms with Crippen LogP contribution in [0.2, 0.25) is 0 Å². The number of ether oxygens (including phenoxy) is 2. The number of nitrogen functional groups attached to an aromatic ring is 1. The first-order valence-corrected chi connectivity index (χ1v) is 22.3. The number of halogens is 2. The van der Waals surface area contributed by atoms with Crippen LogP contribution in [0.5, 0.6) is 11.5 Å². The normalized spacial score (nSPS) is 10.1. The maximum Gasteiger partial charge on any atom is 1.00 e. The molecule has 2 N–H and O–H groups in total. The van der Waals surface area contributed by atoms with Crippen LogP contribution < -0.4 is 158 Å². The van der Waals surface area contributed by atoms with Gasteiger partial charge in [0.05, 0.1) is 28.4 Å². The summed E-state index contributed by atoms with van der Waals surface area (Å²) >= 11 is 5.56. The number of hydrogen-bond acceptors (Lipinski definition) is 18. The van der Waals surface area contributed by atoms with Crippen molar-refractivity contribution in [2.75, 3.05) is 27.1 Å². The van der Waals surface area contributed by atoms with Crippen molar-refractivity contribution in [2.45, 2.75) is 32.6 Å². The minimum atomic E-state index is -1.00. The van der Waals surface area contributed by atoms with Gasteiger partial charge in [0.2, 0.25) is 29.4 Å². The maximum absolute atomic E-state index is 9.96. The van der Waals surface area contributed by atoms with Gasteiger partial charge in [-0.05, 0) is 86.6 Å². The summed E-state index contributed by atoms with van der Waals surface area (Å²) in [7, 11) is 2.28. The number of alkyl halides is 2. The van der Waals surface area contributed by atoms with Crippen molar-refractivity contribution in [1.82, 2.24) is 59.8 Å². The fourth-order valence-corrected chi connectivity index (χ4v) is 6.77. The fraction of sp³-hybridized carbons (Fsp3) is 0.157. The Labute approximate surface area is 556 Å². The van der Waals surface area contributed by atoms with Gasteiger partial charge in [0.1, 0.15) is 23.2 Å². The number of aryl methyl sites for hydroxylation is 4. The Kier molecular flexibility index (Phi) is 26.8. The first-order chi connectivity index (χ1) is 36.1. The zero-order valence-corrected chi connectivity index (χ0v) is 55.1. The number of carbonyl (C=O) groups excluding carboxylic acids is 1. The fourth-order valence-electron chi connectivity index (χ4n) is 6.66.